The van der Waals surface area contributed by atoms with Gasteiger partial charge in [-0.05, 0) is 35.7 Å². The first-order valence-corrected chi connectivity index (χ1v) is 9.93. The molecule has 0 spiro atoms. The molecule has 0 N–H and O–H groups in total. The summed E-state index contributed by atoms with van der Waals surface area (Å²) < 4.78 is 1.91. The highest BCUT2D eigenvalue weighted by Crippen LogP contribution is 2.67. The number of rotatable bonds is 4. The SMILES string of the molecule is CCC1(c2cc(Br)cc(Br)c2)C2C(=O)N(Cc3ccccc3)C(=O)C21. The Morgan fingerprint density at radius 1 is 0.960 bits per heavy atom. The van der Waals surface area contributed by atoms with E-state index in [-0.39, 0.29) is 29.1 Å². The molecule has 2 fully saturated rings. The van der Waals surface area contributed by atoms with Crippen molar-refractivity contribution in [1.29, 1.82) is 0 Å². The third-order valence-corrected chi connectivity index (χ3v) is 6.48. The number of carbonyl (C=O) groups is 2. The number of hydrogen-bond donors (Lipinski definition) is 0. The molecule has 1 saturated carbocycles. The van der Waals surface area contributed by atoms with Crippen LogP contribution in [0.1, 0.15) is 24.5 Å². The Hall–Kier alpha value is -1.46. The van der Waals surface area contributed by atoms with Gasteiger partial charge in [-0.2, -0.15) is 0 Å². The van der Waals surface area contributed by atoms with E-state index in [1.807, 2.05) is 48.5 Å². The number of piperidine rings is 1. The van der Waals surface area contributed by atoms with Crippen LogP contribution in [-0.2, 0) is 21.5 Å². The third kappa shape index (κ3) is 2.51. The Kier molecular flexibility index (Phi) is 4.12. The second kappa shape index (κ2) is 6.06. The molecule has 0 bridgehead atoms. The molecule has 2 amide bonds. The molecule has 1 heterocycles. The highest BCUT2D eigenvalue weighted by Gasteiger charge is 2.76. The highest BCUT2D eigenvalue weighted by molar-refractivity contribution is 9.11. The van der Waals surface area contributed by atoms with Gasteiger partial charge in [0, 0.05) is 14.4 Å². The van der Waals surface area contributed by atoms with Crippen molar-refractivity contribution < 1.29 is 9.59 Å². The Labute approximate surface area is 163 Å². The molecule has 4 rings (SSSR count). The van der Waals surface area contributed by atoms with Gasteiger partial charge in [0.1, 0.15) is 0 Å². The van der Waals surface area contributed by atoms with E-state index in [1.54, 1.807) is 0 Å². The van der Waals surface area contributed by atoms with Crippen molar-refractivity contribution >= 4 is 43.7 Å². The molecule has 2 atom stereocenters. The van der Waals surface area contributed by atoms with Crippen LogP contribution in [0.3, 0.4) is 0 Å². The Morgan fingerprint density at radius 2 is 1.52 bits per heavy atom. The van der Waals surface area contributed by atoms with Crippen LogP contribution in [-0.4, -0.2) is 16.7 Å². The number of halogens is 2. The first-order chi connectivity index (χ1) is 12.0. The summed E-state index contributed by atoms with van der Waals surface area (Å²) in [5.41, 5.74) is 1.69. The number of imide groups is 1. The molecule has 0 aromatic heterocycles. The number of nitrogens with zero attached hydrogens (tertiary/aromatic N) is 1. The van der Waals surface area contributed by atoms with Crippen LogP contribution >= 0.6 is 31.9 Å². The summed E-state index contributed by atoms with van der Waals surface area (Å²) in [4.78, 5) is 27.4. The topological polar surface area (TPSA) is 37.4 Å². The van der Waals surface area contributed by atoms with Gasteiger partial charge in [-0.1, -0.05) is 69.1 Å². The molecule has 5 heteroatoms. The lowest BCUT2D eigenvalue weighted by molar-refractivity contribution is -0.143. The van der Waals surface area contributed by atoms with Crippen LogP contribution in [0.15, 0.2) is 57.5 Å². The normalized spacial score (nSPS) is 27.6. The summed E-state index contributed by atoms with van der Waals surface area (Å²) in [6.07, 6.45) is 0.780. The van der Waals surface area contributed by atoms with Gasteiger partial charge in [-0.25, -0.2) is 0 Å². The van der Waals surface area contributed by atoms with E-state index in [4.69, 9.17) is 0 Å². The van der Waals surface area contributed by atoms with Gasteiger partial charge in [-0.15, -0.1) is 0 Å². The van der Waals surface area contributed by atoms with Crippen LogP contribution in [0.5, 0.6) is 0 Å². The minimum atomic E-state index is -0.354. The van der Waals surface area contributed by atoms with E-state index >= 15 is 0 Å². The molecular weight excluding hydrogens is 446 g/mol. The molecule has 2 aromatic rings. The second-order valence-corrected chi connectivity index (χ2v) is 8.59. The van der Waals surface area contributed by atoms with Gasteiger partial charge >= 0.3 is 0 Å². The molecule has 3 nitrogen and oxygen atoms in total. The van der Waals surface area contributed by atoms with Crippen molar-refractivity contribution in [1.82, 2.24) is 4.90 Å². The number of fused-ring (bicyclic) bond motifs is 1. The summed E-state index contributed by atoms with van der Waals surface area (Å²) in [5.74, 6) is -0.515. The summed E-state index contributed by atoms with van der Waals surface area (Å²) in [5, 5.41) is 0. The average molecular weight is 463 g/mol. The maximum atomic E-state index is 13.0. The van der Waals surface area contributed by atoms with Crippen molar-refractivity contribution in [2.75, 3.05) is 0 Å². The lowest BCUT2D eigenvalue weighted by atomic mass is 9.87. The predicted octanol–water partition coefficient (Wildman–Crippen LogP) is 4.67. The van der Waals surface area contributed by atoms with E-state index in [2.05, 4.69) is 38.8 Å². The molecule has 2 unspecified atom stereocenters. The zero-order valence-corrected chi connectivity index (χ0v) is 16.9. The fourth-order valence-corrected chi connectivity index (χ4v) is 5.65. The van der Waals surface area contributed by atoms with Crippen LogP contribution in [0.25, 0.3) is 0 Å². The average Bonchev–Trinajstić information content (AvgIpc) is 3.22. The van der Waals surface area contributed by atoms with Crippen LogP contribution in [0, 0.1) is 11.8 Å². The van der Waals surface area contributed by atoms with Crippen LogP contribution in [0.4, 0.5) is 0 Å². The number of benzene rings is 2. The molecule has 2 aliphatic rings. The fraction of sp³-hybridized carbons (Fsp3) is 0.300. The van der Waals surface area contributed by atoms with Crippen LogP contribution in [0.2, 0.25) is 0 Å². The first kappa shape index (κ1) is 17.0. The minimum Gasteiger partial charge on any atom is -0.278 e. The maximum Gasteiger partial charge on any atom is 0.234 e. The van der Waals surface area contributed by atoms with Gasteiger partial charge < -0.3 is 0 Å². The number of carbonyl (C=O) groups excluding carboxylic acids is 2. The molecule has 0 radical (unpaired) electrons. The third-order valence-electron chi connectivity index (χ3n) is 5.57. The molecule has 1 saturated heterocycles. The first-order valence-electron chi connectivity index (χ1n) is 8.34. The summed E-state index contributed by atoms with van der Waals surface area (Å²) >= 11 is 7.04. The smallest absolute Gasteiger partial charge is 0.234 e. The molecule has 128 valence electrons. The number of likely N-dealkylation sites (tertiary alicyclic amines) is 1. The highest BCUT2D eigenvalue weighted by atomic mass is 79.9. The fourth-order valence-electron chi connectivity index (χ4n) is 4.36. The Bertz CT molecular complexity index is 823. The summed E-state index contributed by atoms with van der Waals surface area (Å²) in [7, 11) is 0. The molecule has 2 aromatic carbocycles. The van der Waals surface area contributed by atoms with E-state index in [9.17, 15) is 9.59 Å². The summed E-state index contributed by atoms with van der Waals surface area (Å²) in [6, 6.07) is 15.7. The zero-order chi connectivity index (χ0) is 17.8. The lowest BCUT2D eigenvalue weighted by Crippen LogP contribution is -2.38. The van der Waals surface area contributed by atoms with Gasteiger partial charge in [0.25, 0.3) is 0 Å². The van der Waals surface area contributed by atoms with Crippen molar-refractivity contribution in [3.05, 3.63) is 68.6 Å². The van der Waals surface area contributed by atoms with Gasteiger partial charge in [0.2, 0.25) is 11.8 Å². The van der Waals surface area contributed by atoms with Crippen molar-refractivity contribution in [2.24, 2.45) is 11.8 Å². The van der Waals surface area contributed by atoms with Crippen molar-refractivity contribution in [3.8, 4) is 0 Å². The zero-order valence-electron chi connectivity index (χ0n) is 13.7. The van der Waals surface area contributed by atoms with E-state index in [0.717, 1.165) is 26.5 Å². The predicted molar refractivity (Wildman–Crippen MR) is 103 cm³/mol. The van der Waals surface area contributed by atoms with E-state index < -0.39 is 0 Å². The maximum absolute atomic E-state index is 13.0. The second-order valence-electron chi connectivity index (χ2n) is 6.76. The van der Waals surface area contributed by atoms with Gasteiger partial charge in [-0.3, -0.25) is 14.5 Å². The van der Waals surface area contributed by atoms with Crippen molar-refractivity contribution in [2.45, 2.75) is 25.3 Å². The van der Waals surface area contributed by atoms with E-state index in [1.165, 1.54) is 4.90 Å². The lowest BCUT2D eigenvalue weighted by Gasteiger charge is -2.25. The molecule has 25 heavy (non-hydrogen) atoms. The quantitative estimate of drug-likeness (QED) is 0.619. The Balaban J connectivity index is 1.65. The molecule has 1 aliphatic carbocycles. The van der Waals surface area contributed by atoms with Gasteiger partial charge in [0.05, 0.1) is 18.4 Å². The number of hydrogen-bond acceptors (Lipinski definition) is 2. The van der Waals surface area contributed by atoms with Crippen LogP contribution < -0.4 is 0 Å². The van der Waals surface area contributed by atoms with E-state index in [0.29, 0.717) is 6.54 Å². The standard InChI is InChI=1S/C20H17Br2NO2/c1-2-20(13-8-14(21)10-15(22)9-13)16-17(20)19(25)23(18(16)24)11-12-6-4-3-5-7-12/h3-10,16-17H,2,11H2,1H3. The Morgan fingerprint density at radius 3 is 2.04 bits per heavy atom. The summed E-state index contributed by atoms with van der Waals surface area (Å²) in [6.45, 7) is 2.43. The van der Waals surface area contributed by atoms with Gasteiger partial charge in [0.15, 0.2) is 0 Å². The largest absolute Gasteiger partial charge is 0.278 e. The number of amides is 2. The molecular formula is C20H17Br2NO2. The monoisotopic (exact) mass is 461 g/mol. The minimum absolute atomic E-state index is 0.0307. The van der Waals surface area contributed by atoms with Crippen molar-refractivity contribution in [3.63, 3.8) is 0 Å². The molecule has 1 aliphatic heterocycles.